The van der Waals surface area contributed by atoms with Crippen LogP contribution in [0, 0.1) is 5.82 Å². The van der Waals surface area contributed by atoms with E-state index in [-0.39, 0.29) is 12.4 Å². The Morgan fingerprint density at radius 1 is 1.56 bits per heavy atom. The Kier molecular flexibility index (Phi) is 3.01. The smallest absolute Gasteiger partial charge is 0.329 e. The molecule has 0 bridgehead atoms. The molecule has 8 heteroatoms. The van der Waals surface area contributed by atoms with Crippen molar-refractivity contribution in [3.63, 3.8) is 0 Å². The van der Waals surface area contributed by atoms with Crippen LogP contribution in [0.1, 0.15) is 5.37 Å². The van der Waals surface area contributed by atoms with Gasteiger partial charge in [0.2, 0.25) is 5.82 Å². The molecule has 0 aliphatic carbocycles. The van der Waals surface area contributed by atoms with Crippen LogP contribution in [0.3, 0.4) is 0 Å². The zero-order valence-corrected chi connectivity index (χ0v) is 8.96. The monoisotopic (exact) mass is 248 g/mol. The highest BCUT2D eigenvalue weighted by Gasteiger charge is 2.24. The number of hydrogen-bond acceptors (Lipinski definition) is 4. The van der Waals surface area contributed by atoms with Gasteiger partial charge < -0.3 is 4.74 Å². The van der Waals surface area contributed by atoms with Crippen LogP contribution >= 0.6 is 0 Å². The lowest BCUT2D eigenvalue weighted by atomic mass is 10.5. The Morgan fingerprint density at radius 3 is 3.00 bits per heavy atom. The van der Waals surface area contributed by atoms with Gasteiger partial charge in [-0.1, -0.05) is 0 Å². The highest BCUT2D eigenvalue weighted by atomic mass is 32.2. The van der Waals surface area contributed by atoms with E-state index >= 15 is 0 Å². The van der Waals surface area contributed by atoms with Crippen molar-refractivity contribution in [3.05, 3.63) is 32.9 Å². The van der Waals surface area contributed by atoms with Gasteiger partial charge in [0.05, 0.1) is 19.4 Å². The second-order valence-corrected chi connectivity index (χ2v) is 4.97. The minimum absolute atomic E-state index is 0.0675. The van der Waals surface area contributed by atoms with Crippen LogP contribution in [-0.4, -0.2) is 32.7 Å². The molecule has 6 nitrogen and oxygen atoms in total. The van der Waals surface area contributed by atoms with Gasteiger partial charge in [0, 0.05) is 16.6 Å². The minimum atomic E-state index is -1.30. The lowest BCUT2D eigenvalue weighted by Crippen LogP contribution is -2.39. The first-order valence-electron chi connectivity index (χ1n) is 4.55. The van der Waals surface area contributed by atoms with E-state index in [0.717, 1.165) is 10.8 Å². The summed E-state index contributed by atoms with van der Waals surface area (Å²) < 4.78 is 30.6. The first kappa shape index (κ1) is 11.2. The van der Waals surface area contributed by atoms with E-state index in [1.54, 1.807) is 0 Å². The highest BCUT2D eigenvalue weighted by Crippen LogP contribution is 2.14. The minimum Gasteiger partial charge on any atom is -0.377 e. The van der Waals surface area contributed by atoms with E-state index in [1.165, 1.54) is 0 Å². The molecule has 0 amide bonds. The third kappa shape index (κ3) is 1.98. The molecule has 0 spiro atoms. The number of nitrogens with zero attached hydrogens (tertiary/aromatic N) is 1. The topological polar surface area (TPSA) is 81.2 Å². The molecule has 1 saturated heterocycles. The summed E-state index contributed by atoms with van der Waals surface area (Å²) in [5.41, 5.74) is -1.86. The second kappa shape index (κ2) is 4.30. The van der Waals surface area contributed by atoms with Gasteiger partial charge in [-0.05, 0) is 0 Å². The molecule has 0 aromatic carbocycles. The highest BCUT2D eigenvalue weighted by molar-refractivity contribution is 7.85. The molecule has 1 aromatic rings. The summed E-state index contributed by atoms with van der Waals surface area (Å²) >= 11 is 0. The predicted octanol–water partition coefficient (Wildman–Crippen LogP) is -1.05. The Labute approximate surface area is 91.5 Å². The number of halogens is 1. The fraction of sp³-hybridized carbons (Fsp3) is 0.500. The van der Waals surface area contributed by atoms with E-state index in [9.17, 15) is 18.2 Å². The molecule has 16 heavy (non-hydrogen) atoms. The summed E-state index contributed by atoms with van der Waals surface area (Å²) in [4.78, 5) is 24.0. The van der Waals surface area contributed by atoms with Crippen molar-refractivity contribution >= 4 is 10.8 Å². The maximum absolute atomic E-state index is 13.0. The second-order valence-electron chi connectivity index (χ2n) is 3.26. The lowest BCUT2D eigenvalue weighted by molar-refractivity contribution is 0.125. The van der Waals surface area contributed by atoms with Crippen LogP contribution in [0.2, 0.25) is 0 Å². The van der Waals surface area contributed by atoms with Crippen molar-refractivity contribution in [1.29, 1.82) is 0 Å². The van der Waals surface area contributed by atoms with Crippen molar-refractivity contribution in [2.45, 2.75) is 5.37 Å². The molecule has 1 N–H and O–H groups in total. The number of ether oxygens (including phenoxy) is 1. The standard InChI is InChI=1S/C8H9FN2O4S/c9-5-3-11(8(13)10-7(5)12)6-4-15-1-2-16(6)14/h3,6H,1-2,4H2,(H,10,12,13). The summed E-state index contributed by atoms with van der Waals surface area (Å²) in [6, 6.07) is 0. The average molecular weight is 248 g/mol. The van der Waals surface area contributed by atoms with E-state index in [0.29, 0.717) is 6.61 Å². The van der Waals surface area contributed by atoms with Crippen LogP contribution in [-0.2, 0) is 15.5 Å². The Morgan fingerprint density at radius 2 is 2.31 bits per heavy atom. The van der Waals surface area contributed by atoms with Gasteiger partial charge in [0.25, 0.3) is 5.56 Å². The van der Waals surface area contributed by atoms with Crippen molar-refractivity contribution < 1.29 is 13.3 Å². The van der Waals surface area contributed by atoms with Gasteiger partial charge in [-0.3, -0.25) is 18.6 Å². The van der Waals surface area contributed by atoms with Crippen molar-refractivity contribution in [3.8, 4) is 0 Å². The molecule has 0 radical (unpaired) electrons. The van der Waals surface area contributed by atoms with Crippen LogP contribution in [0.5, 0.6) is 0 Å². The summed E-state index contributed by atoms with van der Waals surface area (Å²) in [6.45, 7) is 0.418. The molecule has 88 valence electrons. The van der Waals surface area contributed by atoms with Crippen LogP contribution in [0.25, 0.3) is 0 Å². The third-order valence-corrected chi connectivity index (χ3v) is 3.77. The SMILES string of the molecule is O=c1[nH]c(=O)n(C2COCCS2=O)cc1F. The summed E-state index contributed by atoms with van der Waals surface area (Å²) in [5, 5.41) is -0.743. The first-order valence-corrected chi connectivity index (χ1v) is 5.93. The molecular formula is C8H9FN2O4S. The molecule has 1 aromatic heterocycles. The number of nitrogens with one attached hydrogen (secondary N) is 1. The van der Waals surface area contributed by atoms with Crippen LogP contribution in [0.15, 0.2) is 15.8 Å². The van der Waals surface area contributed by atoms with Gasteiger partial charge >= 0.3 is 5.69 Å². The van der Waals surface area contributed by atoms with Gasteiger partial charge in [0.15, 0.2) is 0 Å². The number of aromatic nitrogens is 2. The Hall–Kier alpha value is -1.28. The molecule has 1 fully saturated rings. The number of rotatable bonds is 1. The van der Waals surface area contributed by atoms with Gasteiger partial charge in [-0.2, -0.15) is 4.39 Å². The number of aromatic amines is 1. The molecule has 1 aliphatic rings. The summed E-state index contributed by atoms with van der Waals surface area (Å²) in [5.74, 6) is -0.792. The normalized spacial score (nSPS) is 25.6. The molecule has 2 heterocycles. The Bertz CT molecular complexity index is 538. The van der Waals surface area contributed by atoms with Crippen molar-refractivity contribution in [2.75, 3.05) is 19.0 Å². The zero-order chi connectivity index (χ0) is 11.7. The number of hydrogen-bond donors (Lipinski definition) is 1. The van der Waals surface area contributed by atoms with E-state index in [4.69, 9.17) is 4.74 Å². The van der Waals surface area contributed by atoms with E-state index in [2.05, 4.69) is 0 Å². The van der Waals surface area contributed by atoms with Crippen molar-refractivity contribution in [1.82, 2.24) is 9.55 Å². The molecule has 2 atom stereocenters. The number of H-pyrrole nitrogens is 1. The zero-order valence-electron chi connectivity index (χ0n) is 8.14. The van der Waals surface area contributed by atoms with E-state index < -0.39 is 33.2 Å². The molecule has 1 aliphatic heterocycles. The van der Waals surface area contributed by atoms with Gasteiger partial charge in [-0.15, -0.1) is 0 Å². The molecule has 2 unspecified atom stereocenters. The van der Waals surface area contributed by atoms with E-state index in [1.807, 2.05) is 4.98 Å². The summed E-state index contributed by atoms with van der Waals surface area (Å²) in [7, 11) is -1.30. The quantitative estimate of drug-likeness (QED) is 0.688. The fourth-order valence-electron chi connectivity index (χ4n) is 1.42. The predicted molar refractivity (Wildman–Crippen MR) is 54.1 cm³/mol. The third-order valence-electron chi connectivity index (χ3n) is 2.23. The largest absolute Gasteiger partial charge is 0.377 e. The average Bonchev–Trinajstić information content (AvgIpc) is 2.25. The summed E-state index contributed by atoms with van der Waals surface area (Å²) in [6.07, 6.45) is 0.762. The maximum Gasteiger partial charge on any atom is 0.329 e. The maximum atomic E-state index is 13.0. The fourth-order valence-corrected chi connectivity index (χ4v) is 2.63. The molecule has 0 saturated carbocycles. The van der Waals surface area contributed by atoms with Gasteiger partial charge in [0.1, 0.15) is 5.37 Å². The first-order chi connectivity index (χ1) is 7.59. The van der Waals surface area contributed by atoms with Crippen LogP contribution in [0.4, 0.5) is 4.39 Å². The van der Waals surface area contributed by atoms with Crippen molar-refractivity contribution in [2.24, 2.45) is 0 Å². The van der Waals surface area contributed by atoms with Crippen LogP contribution < -0.4 is 11.2 Å². The van der Waals surface area contributed by atoms with Gasteiger partial charge in [-0.25, -0.2) is 4.79 Å². The Balaban J connectivity index is 2.47. The lowest BCUT2D eigenvalue weighted by Gasteiger charge is -2.23. The molecule has 2 rings (SSSR count). The molecular weight excluding hydrogens is 239 g/mol.